The average Bonchev–Trinajstić information content (AvgIpc) is 2.73. The van der Waals surface area contributed by atoms with Crippen LogP contribution >= 0.6 is 0 Å². The van der Waals surface area contributed by atoms with Crippen LogP contribution in [0.15, 0.2) is 70.9 Å². The second kappa shape index (κ2) is 8.50. The van der Waals surface area contributed by atoms with Crippen molar-refractivity contribution >= 4 is 17.5 Å². The molecule has 0 amide bonds. The minimum Gasteiger partial charge on any atom is -0.508 e. The van der Waals surface area contributed by atoms with Crippen molar-refractivity contribution in [1.29, 1.82) is 0 Å². The molecular formula is C26H27NO4. The van der Waals surface area contributed by atoms with E-state index in [1.54, 1.807) is 24.3 Å². The summed E-state index contributed by atoms with van der Waals surface area (Å²) in [7, 11) is 0. The molecule has 1 N–H and O–H groups in total. The standard InChI is InChI=1S/C26H27NO4/c1-15(2)31-26(30)23-16(3)27-21-13-19(17-7-5-4-6-8-17)14-22(29)25(21)24(23)18-9-11-20(28)12-10-18/h4-12,15,19,23-24,28H,13-14H2,1-3H3/t19-,23?,24+/m0/s1. The average molecular weight is 418 g/mol. The Labute approximate surface area is 182 Å². The number of ether oxygens (including phenoxy) is 1. The fraction of sp³-hybridized carbons (Fsp3) is 0.346. The maximum Gasteiger partial charge on any atom is 0.315 e. The van der Waals surface area contributed by atoms with E-state index in [-0.39, 0.29) is 29.5 Å². The van der Waals surface area contributed by atoms with Gasteiger partial charge in [0, 0.05) is 29.3 Å². The molecule has 0 saturated carbocycles. The maximum absolute atomic E-state index is 13.4. The Morgan fingerprint density at radius 1 is 1.03 bits per heavy atom. The molecule has 1 aliphatic heterocycles. The lowest BCUT2D eigenvalue weighted by atomic mass is 9.69. The zero-order chi connectivity index (χ0) is 22.1. The Kier molecular flexibility index (Phi) is 5.77. The van der Waals surface area contributed by atoms with Crippen molar-refractivity contribution in [3.05, 3.63) is 77.0 Å². The van der Waals surface area contributed by atoms with Gasteiger partial charge in [-0.15, -0.1) is 0 Å². The molecular weight excluding hydrogens is 390 g/mol. The molecule has 1 aliphatic carbocycles. The van der Waals surface area contributed by atoms with Gasteiger partial charge < -0.3 is 9.84 Å². The van der Waals surface area contributed by atoms with Gasteiger partial charge in [-0.3, -0.25) is 14.6 Å². The summed E-state index contributed by atoms with van der Waals surface area (Å²) in [6.45, 7) is 5.45. The summed E-state index contributed by atoms with van der Waals surface area (Å²) in [6.07, 6.45) is 0.779. The number of aliphatic imine (C=N–C) groups is 1. The monoisotopic (exact) mass is 417 g/mol. The third-order valence-electron chi connectivity index (χ3n) is 6.02. The lowest BCUT2D eigenvalue weighted by Crippen LogP contribution is -2.38. The van der Waals surface area contributed by atoms with Gasteiger partial charge in [0.25, 0.3) is 0 Å². The van der Waals surface area contributed by atoms with Gasteiger partial charge in [0.2, 0.25) is 0 Å². The molecule has 0 bridgehead atoms. The van der Waals surface area contributed by atoms with E-state index in [0.717, 1.165) is 16.8 Å². The number of phenols is 1. The molecule has 2 aromatic rings. The van der Waals surface area contributed by atoms with Crippen molar-refractivity contribution in [3.63, 3.8) is 0 Å². The summed E-state index contributed by atoms with van der Waals surface area (Å²) < 4.78 is 5.54. The fourth-order valence-electron chi connectivity index (χ4n) is 4.67. The zero-order valence-corrected chi connectivity index (χ0v) is 18.0. The highest BCUT2D eigenvalue weighted by Gasteiger charge is 2.44. The van der Waals surface area contributed by atoms with Crippen LogP contribution in [0.2, 0.25) is 0 Å². The highest BCUT2D eigenvalue weighted by atomic mass is 16.5. The fourth-order valence-corrected chi connectivity index (χ4v) is 4.67. The quantitative estimate of drug-likeness (QED) is 0.717. The first-order valence-corrected chi connectivity index (χ1v) is 10.7. The Hall–Kier alpha value is -3.21. The first-order valence-electron chi connectivity index (χ1n) is 10.7. The number of nitrogens with zero attached hydrogens (tertiary/aromatic N) is 1. The van der Waals surface area contributed by atoms with Crippen molar-refractivity contribution in [2.24, 2.45) is 10.9 Å². The molecule has 2 aromatic carbocycles. The minimum atomic E-state index is -0.664. The molecule has 3 atom stereocenters. The predicted octanol–water partition coefficient (Wildman–Crippen LogP) is 4.92. The molecule has 1 heterocycles. The van der Waals surface area contributed by atoms with Crippen molar-refractivity contribution in [3.8, 4) is 5.75 Å². The number of phenolic OH excluding ortho intramolecular Hbond substituents is 1. The Morgan fingerprint density at radius 3 is 2.35 bits per heavy atom. The number of allylic oxidation sites excluding steroid dienone is 2. The lowest BCUT2D eigenvalue weighted by molar-refractivity contribution is -0.150. The number of ketones is 1. The normalized spacial score (nSPS) is 23.4. The van der Waals surface area contributed by atoms with Crippen LogP contribution in [0.1, 0.15) is 56.6 Å². The SMILES string of the molecule is CC1=NC2=C(C(=O)C[C@@H](c3ccccc3)C2)[C@H](c2ccc(O)cc2)C1C(=O)OC(C)C. The zero-order valence-electron chi connectivity index (χ0n) is 18.0. The molecule has 1 unspecified atom stereocenters. The molecule has 2 aliphatic rings. The number of benzene rings is 2. The first kappa shape index (κ1) is 21.0. The Bertz CT molecular complexity index is 1050. The minimum absolute atomic E-state index is 0.0202. The molecule has 5 nitrogen and oxygen atoms in total. The first-order chi connectivity index (χ1) is 14.8. The number of aromatic hydroxyl groups is 1. The number of hydrogen-bond acceptors (Lipinski definition) is 5. The van der Waals surface area contributed by atoms with Gasteiger partial charge in [-0.05, 0) is 56.4 Å². The van der Waals surface area contributed by atoms with Crippen LogP contribution in [-0.4, -0.2) is 28.7 Å². The van der Waals surface area contributed by atoms with Gasteiger partial charge in [0.1, 0.15) is 11.7 Å². The largest absolute Gasteiger partial charge is 0.508 e. The predicted molar refractivity (Wildman–Crippen MR) is 119 cm³/mol. The molecule has 5 heteroatoms. The number of carbonyl (C=O) groups is 2. The van der Waals surface area contributed by atoms with Gasteiger partial charge in [-0.2, -0.15) is 0 Å². The molecule has 4 rings (SSSR count). The maximum atomic E-state index is 13.4. The van der Waals surface area contributed by atoms with Crippen LogP contribution < -0.4 is 0 Å². The number of esters is 1. The van der Waals surface area contributed by atoms with Gasteiger partial charge in [-0.1, -0.05) is 42.5 Å². The van der Waals surface area contributed by atoms with E-state index in [9.17, 15) is 14.7 Å². The van der Waals surface area contributed by atoms with Crippen LogP contribution in [0, 0.1) is 5.92 Å². The summed E-state index contributed by atoms with van der Waals surface area (Å²) in [4.78, 5) is 31.2. The molecule has 31 heavy (non-hydrogen) atoms. The second-order valence-corrected chi connectivity index (χ2v) is 8.59. The smallest absolute Gasteiger partial charge is 0.315 e. The van der Waals surface area contributed by atoms with Crippen LogP contribution in [0.5, 0.6) is 5.75 Å². The van der Waals surface area contributed by atoms with Crippen LogP contribution in [0.25, 0.3) is 0 Å². The van der Waals surface area contributed by atoms with E-state index in [0.29, 0.717) is 24.1 Å². The highest BCUT2D eigenvalue weighted by molar-refractivity contribution is 6.09. The summed E-state index contributed by atoms with van der Waals surface area (Å²) in [5.74, 6) is -1.28. The van der Waals surface area contributed by atoms with E-state index in [2.05, 4.69) is 0 Å². The third kappa shape index (κ3) is 4.18. The van der Waals surface area contributed by atoms with Crippen molar-refractivity contribution in [2.75, 3.05) is 0 Å². The molecule has 0 fully saturated rings. The van der Waals surface area contributed by atoms with Crippen molar-refractivity contribution in [1.82, 2.24) is 0 Å². The van der Waals surface area contributed by atoms with E-state index in [4.69, 9.17) is 9.73 Å². The van der Waals surface area contributed by atoms with Gasteiger partial charge in [-0.25, -0.2) is 0 Å². The number of carbonyl (C=O) groups excluding carboxylic acids is 2. The molecule has 0 saturated heterocycles. The highest BCUT2D eigenvalue weighted by Crippen LogP contribution is 2.47. The summed E-state index contributed by atoms with van der Waals surface area (Å²) in [5.41, 5.74) is 3.95. The van der Waals surface area contributed by atoms with Gasteiger partial charge in [0.15, 0.2) is 5.78 Å². The molecule has 0 aromatic heterocycles. The number of Topliss-reactive ketones (excluding diaryl/α,β-unsaturated/α-hetero) is 1. The molecule has 160 valence electrons. The number of hydrogen-bond donors (Lipinski definition) is 1. The van der Waals surface area contributed by atoms with Crippen molar-refractivity contribution < 1.29 is 19.4 Å². The summed E-state index contributed by atoms with van der Waals surface area (Å²) in [6, 6.07) is 16.7. The van der Waals surface area contributed by atoms with E-state index >= 15 is 0 Å². The summed E-state index contributed by atoms with van der Waals surface area (Å²) in [5, 5.41) is 9.75. The second-order valence-electron chi connectivity index (χ2n) is 8.59. The van der Waals surface area contributed by atoms with E-state index < -0.39 is 11.8 Å². The van der Waals surface area contributed by atoms with Gasteiger partial charge in [0.05, 0.1) is 6.10 Å². The summed E-state index contributed by atoms with van der Waals surface area (Å²) >= 11 is 0. The van der Waals surface area contributed by atoms with Crippen LogP contribution in [0.3, 0.4) is 0 Å². The molecule has 0 radical (unpaired) electrons. The van der Waals surface area contributed by atoms with Crippen LogP contribution in [-0.2, 0) is 14.3 Å². The third-order valence-corrected chi connectivity index (χ3v) is 6.02. The Morgan fingerprint density at radius 2 is 1.71 bits per heavy atom. The topological polar surface area (TPSA) is 76.0 Å². The number of rotatable bonds is 4. The Balaban J connectivity index is 1.79. The van der Waals surface area contributed by atoms with Gasteiger partial charge >= 0.3 is 5.97 Å². The van der Waals surface area contributed by atoms with E-state index in [1.165, 1.54) is 0 Å². The lowest BCUT2D eigenvalue weighted by Gasteiger charge is -2.36. The molecule has 0 spiro atoms. The van der Waals surface area contributed by atoms with Crippen molar-refractivity contribution in [2.45, 2.75) is 51.6 Å². The van der Waals surface area contributed by atoms with Crippen LogP contribution in [0.4, 0.5) is 0 Å². The van der Waals surface area contributed by atoms with E-state index in [1.807, 2.05) is 51.1 Å².